The molecule has 42 heavy (non-hydrogen) atoms. The Kier molecular flexibility index (Phi) is 10.8. The average Bonchev–Trinajstić information content (AvgIpc) is 3.66. The van der Waals surface area contributed by atoms with E-state index >= 15 is 0 Å². The fourth-order valence-electron chi connectivity index (χ4n) is 5.03. The van der Waals surface area contributed by atoms with Crippen LogP contribution < -0.4 is 21.3 Å². The van der Waals surface area contributed by atoms with Crippen LogP contribution in [0.5, 0.6) is 5.75 Å². The number of aliphatic carboxylic acids is 1. The van der Waals surface area contributed by atoms with Gasteiger partial charge in [0.25, 0.3) is 0 Å². The van der Waals surface area contributed by atoms with E-state index in [9.17, 15) is 29.4 Å². The number of phenols is 1. The lowest BCUT2D eigenvalue weighted by Gasteiger charge is -2.25. The first-order valence-electron chi connectivity index (χ1n) is 13.9. The van der Waals surface area contributed by atoms with Gasteiger partial charge in [0.15, 0.2) is 0 Å². The summed E-state index contributed by atoms with van der Waals surface area (Å²) in [7, 11) is 0. The highest BCUT2D eigenvalue weighted by atomic mass is 32.2. The van der Waals surface area contributed by atoms with Gasteiger partial charge in [-0.1, -0.05) is 30.3 Å². The zero-order chi connectivity index (χ0) is 30.1. The maximum Gasteiger partial charge on any atom is 0.326 e. The number of carboxylic acid groups (broad SMARTS) is 1. The van der Waals surface area contributed by atoms with Crippen LogP contribution in [0.15, 0.2) is 54.7 Å². The summed E-state index contributed by atoms with van der Waals surface area (Å²) in [5, 5.41) is 31.6. The predicted octanol–water partition coefficient (Wildman–Crippen LogP) is 1.70. The molecule has 4 unspecified atom stereocenters. The fourth-order valence-corrected chi connectivity index (χ4v) is 5.50. The number of carbonyl (C=O) groups is 4. The number of phenolic OH excluding ortho intramolecular Hbond substituents is 1. The number of aromatic nitrogens is 1. The number of hydrogen-bond donors (Lipinski definition) is 7. The maximum atomic E-state index is 13.7. The van der Waals surface area contributed by atoms with E-state index in [-0.39, 0.29) is 30.9 Å². The van der Waals surface area contributed by atoms with Crippen molar-refractivity contribution >= 4 is 46.4 Å². The van der Waals surface area contributed by atoms with Gasteiger partial charge in [-0.2, -0.15) is 11.8 Å². The number of fused-ring (bicyclic) bond motifs is 1. The number of aromatic amines is 1. The number of carboxylic acids is 1. The van der Waals surface area contributed by atoms with Crippen molar-refractivity contribution in [2.45, 2.75) is 56.3 Å². The molecule has 0 spiro atoms. The molecule has 224 valence electrons. The number of para-hydroxylation sites is 1. The molecule has 2 heterocycles. The minimum atomic E-state index is -1.24. The Hall–Kier alpha value is -4.03. The summed E-state index contributed by atoms with van der Waals surface area (Å²) in [5.74, 6) is -2.07. The monoisotopic (exact) mass is 595 g/mol. The van der Waals surface area contributed by atoms with Crippen LogP contribution in [0, 0.1) is 0 Å². The van der Waals surface area contributed by atoms with Crippen molar-refractivity contribution in [2.24, 2.45) is 0 Å². The molecule has 0 saturated carbocycles. The highest BCUT2D eigenvalue weighted by molar-refractivity contribution is 7.98. The van der Waals surface area contributed by atoms with Crippen molar-refractivity contribution in [3.8, 4) is 5.75 Å². The fraction of sp³-hybridized carbons (Fsp3) is 0.400. The number of rotatable bonds is 14. The van der Waals surface area contributed by atoms with Crippen LogP contribution in [0.2, 0.25) is 0 Å². The predicted molar refractivity (Wildman–Crippen MR) is 161 cm³/mol. The summed E-state index contributed by atoms with van der Waals surface area (Å²) < 4.78 is 0. The van der Waals surface area contributed by atoms with Crippen molar-refractivity contribution in [1.29, 1.82) is 0 Å². The highest BCUT2D eigenvalue weighted by Crippen LogP contribution is 2.20. The van der Waals surface area contributed by atoms with Crippen molar-refractivity contribution in [3.05, 3.63) is 65.9 Å². The molecular weight excluding hydrogens is 558 g/mol. The number of benzene rings is 2. The molecule has 12 heteroatoms. The van der Waals surface area contributed by atoms with Crippen molar-refractivity contribution < 1.29 is 29.4 Å². The number of carbonyl (C=O) groups excluding carboxylic acids is 3. The van der Waals surface area contributed by atoms with E-state index in [0.29, 0.717) is 17.7 Å². The van der Waals surface area contributed by atoms with Gasteiger partial charge >= 0.3 is 5.97 Å². The zero-order valence-corrected chi connectivity index (χ0v) is 24.2. The number of aromatic hydroxyl groups is 1. The van der Waals surface area contributed by atoms with Crippen LogP contribution in [0.4, 0.5) is 0 Å². The van der Waals surface area contributed by atoms with Crippen molar-refractivity contribution in [3.63, 3.8) is 0 Å². The molecule has 0 bridgehead atoms. The third-order valence-electron chi connectivity index (χ3n) is 7.34. The van der Waals surface area contributed by atoms with Crippen LogP contribution in [-0.2, 0) is 32.0 Å². The third-order valence-corrected chi connectivity index (χ3v) is 7.99. The molecule has 0 radical (unpaired) electrons. The van der Waals surface area contributed by atoms with Gasteiger partial charge in [0, 0.05) is 29.9 Å². The lowest BCUT2D eigenvalue weighted by Crippen LogP contribution is -2.57. The first-order valence-corrected chi connectivity index (χ1v) is 15.3. The SMILES string of the molecule is CSCCC(NC(=O)C(Cc1c[nH]c2ccccc12)NC(=O)C1CCCN1)C(=O)NC(Cc1ccc(O)cc1)C(=O)O. The van der Waals surface area contributed by atoms with Crippen molar-refractivity contribution in [1.82, 2.24) is 26.3 Å². The van der Waals surface area contributed by atoms with Gasteiger partial charge in [-0.05, 0) is 67.1 Å². The molecule has 1 aromatic heterocycles. The van der Waals surface area contributed by atoms with Gasteiger partial charge in [-0.15, -0.1) is 0 Å². The minimum Gasteiger partial charge on any atom is -0.508 e. The van der Waals surface area contributed by atoms with Gasteiger partial charge in [0.2, 0.25) is 17.7 Å². The first kappa shape index (κ1) is 30.9. The largest absolute Gasteiger partial charge is 0.508 e. The lowest BCUT2D eigenvalue weighted by molar-refractivity contribution is -0.142. The summed E-state index contributed by atoms with van der Waals surface area (Å²) in [5.41, 5.74) is 2.36. The number of amides is 3. The van der Waals surface area contributed by atoms with E-state index in [1.165, 1.54) is 23.9 Å². The summed E-state index contributed by atoms with van der Waals surface area (Å²) in [6.45, 7) is 0.725. The second-order valence-corrected chi connectivity index (χ2v) is 11.4. The quantitative estimate of drug-likeness (QED) is 0.148. The van der Waals surface area contributed by atoms with Gasteiger partial charge in [-0.25, -0.2) is 4.79 Å². The van der Waals surface area contributed by atoms with E-state index in [4.69, 9.17) is 0 Å². The van der Waals surface area contributed by atoms with Gasteiger partial charge in [0.05, 0.1) is 6.04 Å². The Balaban J connectivity index is 1.51. The molecular formula is C30H37N5O6S. The summed E-state index contributed by atoms with van der Waals surface area (Å²) >= 11 is 1.49. The molecule has 7 N–H and O–H groups in total. The Morgan fingerprint density at radius 3 is 2.36 bits per heavy atom. The van der Waals surface area contributed by atoms with E-state index in [2.05, 4.69) is 26.3 Å². The van der Waals surface area contributed by atoms with Crippen LogP contribution in [0.3, 0.4) is 0 Å². The topological polar surface area (TPSA) is 173 Å². The molecule has 2 aromatic carbocycles. The second-order valence-electron chi connectivity index (χ2n) is 10.4. The molecule has 1 aliphatic heterocycles. The Morgan fingerprint density at radius 2 is 1.67 bits per heavy atom. The summed E-state index contributed by atoms with van der Waals surface area (Å²) in [6.07, 6.45) is 5.68. The molecule has 1 fully saturated rings. The van der Waals surface area contributed by atoms with E-state index in [1.807, 2.05) is 36.7 Å². The van der Waals surface area contributed by atoms with E-state index in [0.717, 1.165) is 29.4 Å². The van der Waals surface area contributed by atoms with Crippen LogP contribution >= 0.6 is 11.8 Å². The normalized spacial score (nSPS) is 16.8. The van der Waals surface area contributed by atoms with Crippen LogP contribution in [0.1, 0.15) is 30.4 Å². The molecule has 0 aliphatic carbocycles. The zero-order valence-electron chi connectivity index (χ0n) is 23.4. The standard InChI is InChI=1S/C30H37N5O6S/c1-42-14-12-24(28(38)35-26(30(40)41)15-18-8-10-20(36)11-9-18)33-29(39)25(34-27(37)23-7-4-13-31-23)16-19-17-32-22-6-3-2-5-21(19)22/h2-3,5-6,8-11,17,23-26,31-32,36H,4,7,12-16H2,1H3,(H,33,39)(H,34,37)(H,35,38)(H,40,41). The number of thioether (sulfide) groups is 1. The molecule has 1 saturated heterocycles. The van der Waals surface area contributed by atoms with E-state index in [1.54, 1.807) is 12.1 Å². The number of hydrogen-bond acceptors (Lipinski definition) is 7. The number of H-pyrrole nitrogens is 1. The number of nitrogens with one attached hydrogen (secondary N) is 5. The highest BCUT2D eigenvalue weighted by Gasteiger charge is 2.32. The van der Waals surface area contributed by atoms with Gasteiger partial charge in [0.1, 0.15) is 23.9 Å². The Labute approximate surface area is 248 Å². The molecule has 3 aromatic rings. The molecule has 4 atom stereocenters. The molecule has 1 aliphatic rings. The smallest absolute Gasteiger partial charge is 0.326 e. The molecule has 11 nitrogen and oxygen atoms in total. The minimum absolute atomic E-state index is 0.00180. The molecule has 3 amide bonds. The summed E-state index contributed by atoms with van der Waals surface area (Å²) in [4.78, 5) is 55.3. The average molecular weight is 596 g/mol. The maximum absolute atomic E-state index is 13.7. The Morgan fingerprint density at radius 1 is 0.952 bits per heavy atom. The summed E-state index contributed by atoms with van der Waals surface area (Å²) in [6, 6.07) is 10.1. The molecule has 4 rings (SSSR count). The Bertz CT molecular complexity index is 1390. The van der Waals surface area contributed by atoms with Crippen LogP contribution in [-0.4, -0.2) is 81.6 Å². The first-order chi connectivity index (χ1) is 20.2. The van der Waals surface area contributed by atoms with Crippen molar-refractivity contribution in [2.75, 3.05) is 18.6 Å². The second kappa shape index (κ2) is 14.7. The van der Waals surface area contributed by atoms with Gasteiger partial charge < -0.3 is 36.5 Å². The lowest BCUT2D eigenvalue weighted by atomic mass is 10.0. The third kappa shape index (κ3) is 8.26. The van der Waals surface area contributed by atoms with E-state index < -0.39 is 42.0 Å². The van der Waals surface area contributed by atoms with Crippen LogP contribution in [0.25, 0.3) is 10.9 Å². The van der Waals surface area contributed by atoms with Gasteiger partial charge in [-0.3, -0.25) is 14.4 Å².